The number of ether oxygens (including phenoxy) is 3. The standard InChI is InChI=1S/C61H105NO10/c1-3-5-7-9-11-13-15-16-22-26-29-33-37-41-45-49-57(66)70-50-46-42-38-34-30-27-24-21-19-17-18-20-23-25-28-32-36-40-44-48-56(65)62-53(52-71-61-60(69)59(68)58(67)55(51-63)72-61)54(64)47-43-39-35-31-14-12-10-8-6-4-2/h6,8,11,13-14,16,21-22,24,27,30-31,43,47,53-55,58-61,63-64,67-69H,3-5,7,9-10,12,15,17-20,23,25-26,28-29,32-42,44-46,48-52H2,1-2H3,(H,62,65)/b8-6+,13-11-,22-16-,24-21-,30-27-,31-14+,47-43+. The molecule has 72 heavy (non-hydrogen) atoms. The van der Waals surface area contributed by atoms with Crippen LogP contribution in [0.15, 0.2) is 85.1 Å². The average Bonchev–Trinajstić information content (AvgIpc) is 3.38. The number of amides is 1. The Balaban J connectivity index is 2.09. The van der Waals surface area contributed by atoms with E-state index in [1.54, 1.807) is 6.08 Å². The van der Waals surface area contributed by atoms with Gasteiger partial charge in [0.1, 0.15) is 24.4 Å². The van der Waals surface area contributed by atoms with E-state index in [1.165, 1.54) is 83.5 Å². The van der Waals surface area contributed by atoms with E-state index in [0.717, 1.165) is 109 Å². The van der Waals surface area contributed by atoms with Crippen LogP contribution in [-0.4, -0.2) is 100 Å². The second kappa shape index (κ2) is 50.0. The number of rotatable bonds is 48. The van der Waals surface area contributed by atoms with Crippen LogP contribution in [0.1, 0.15) is 226 Å². The Hall–Kier alpha value is -3.16. The molecule has 1 aliphatic rings. The first kappa shape index (κ1) is 66.9. The molecule has 1 heterocycles. The van der Waals surface area contributed by atoms with Gasteiger partial charge in [-0.15, -0.1) is 0 Å². The predicted octanol–water partition coefficient (Wildman–Crippen LogP) is 13.0. The molecule has 0 aliphatic carbocycles. The van der Waals surface area contributed by atoms with E-state index in [4.69, 9.17) is 14.2 Å². The molecule has 414 valence electrons. The molecule has 7 unspecified atom stereocenters. The molecule has 1 rings (SSSR count). The van der Waals surface area contributed by atoms with Gasteiger partial charge in [-0.1, -0.05) is 182 Å². The molecule has 0 aromatic carbocycles. The first-order chi connectivity index (χ1) is 35.2. The normalized spacial score (nSPS) is 19.7. The van der Waals surface area contributed by atoms with Crippen LogP contribution < -0.4 is 5.32 Å². The Morgan fingerprint density at radius 3 is 1.60 bits per heavy atom. The highest BCUT2D eigenvalue weighted by Gasteiger charge is 2.44. The maximum absolute atomic E-state index is 13.0. The molecule has 1 saturated heterocycles. The van der Waals surface area contributed by atoms with Crippen LogP contribution in [0, 0.1) is 0 Å². The minimum Gasteiger partial charge on any atom is -0.466 e. The predicted molar refractivity (Wildman–Crippen MR) is 296 cm³/mol. The highest BCUT2D eigenvalue weighted by atomic mass is 16.7. The topological polar surface area (TPSA) is 175 Å². The van der Waals surface area contributed by atoms with Gasteiger partial charge in [0.25, 0.3) is 0 Å². The number of hydrogen-bond donors (Lipinski definition) is 6. The molecule has 1 amide bonds. The fourth-order valence-electron chi connectivity index (χ4n) is 8.37. The minimum absolute atomic E-state index is 0.0448. The van der Waals surface area contributed by atoms with E-state index in [2.05, 4.69) is 92.1 Å². The van der Waals surface area contributed by atoms with Gasteiger partial charge in [-0.2, -0.15) is 0 Å². The Morgan fingerprint density at radius 1 is 0.542 bits per heavy atom. The maximum atomic E-state index is 13.0. The van der Waals surface area contributed by atoms with Crippen molar-refractivity contribution in [1.82, 2.24) is 5.32 Å². The molecule has 0 spiro atoms. The summed E-state index contributed by atoms with van der Waals surface area (Å²) in [6.45, 7) is 4.10. The molecule has 0 radical (unpaired) electrons. The van der Waals surface area contributed by atoms with Crippen LogP contribution in [0.2, 0.25) is 0 Å². The van der Waals surface area contributed by atoms with Crippen LogP contribution in [0.4, 0.5) is 0 Å². The second-order valence-corrected chi connectivity index (χ2v) is 19.6. The first-order valence-corrected chi connectivity index (χ1v) is 28.9. The highest BCUT2D eigenvalue weighted by Crippen LogP contribution is 2.23. The molecule has 1 aliphatic heterocycles. The Bertz CT molecular complexity index is 1470. The molecule has 7 atom stereocenters. The molecule has 0 bridgehead atoms. The quantitative estimate of drug-likeness (QED) is 0.0149. The Labute approximate surface area is 438 Å². The summed E-state index contributed by atoms with van der Waals surface area (Å²) in [5, 5.41) is 54.2. The van der Waals surface area contributed by atoms with Gasteiger partial charge in [-0.05, 0) is 116 Å². The van der Waals surface area contributed by atoms with Crippen LogP contribution in [0.25, 0.3) is 0 Å². The third kappa shape index (κ3) is 39.3. The van der Waals surface area contributed by atoms with Crippen molar-refractivity contribution in [2.75, 3.05) is 19.8 Å². The van der Waals surface area contributed by atoms with Crippen molar-refractivity contribution in [2.24, 2.45) is 0 Å². The first-order valence-electron chi connectivity index (χ1n) is 28.9. The van der Waals surface area contributed by atoms with Gasteiger partial charge >= 0.3 is 5.97 Å². The van der Waals surface area contributed by atoms with E-state index in [9.17, 15) is 35.1 Å². The Morgan fingerprint density at radius 2 is 1.03 bits per heavy atom. The van der Waals surface area contributed by atoms with Crippen molar-refractivity contribution < 1.29 is 49.3 Å². The number of unbranched alkanes of at least 4 members (excludes halogenated alkanes) is 23. The zero-order valence-corrected chi connectivity index (χ0v) is 45.4. The van der Waals surface area contributed by atoms with Gasteiger partial charge in [0.2, 0.25) is 5.91 Å². The smallest absolute Gasteiger partial charge is 0.305 e. The third-order valence-electron chi connectivity index (χ3n) is 13.0. The number of allylic oxidation sites excluding steroid dienone is 13. The van der Waals surface area contributed by atoms with Crippen molar-refractivity contribution in [1.29, 1.82) is 0 Å². The van der Waals surface area contributed by atoms with Gasteiger partial charge < -0.3 is 45.1 Å². The molecule has 6 N–H and O–H groups in total. The number of esters is 1. The van der Waals surface area contributed by atoms with E-state index < -0.39 is 49.5 Å². The van der Waals surface area contributed by atoms with Crippen molar-refractivity contribution in [3.05, 3.63) is 85.1 Å². The number of aliphatic hydroxyl groups is 5. The van der Waals surface area contributed by atoms with E-state index in [-0.39, 0.29) is 18.5 Å². The number of carbonyl (C=O) groups is 2. The summed E-state index contributed by atoms with van der Waals surface area (Å²) in [4.78, 5) is 25.0. The maximum Gasteiger partial charge on any atom is 0.305 e. The van der Waals surface area contributed by atoms with Gasteiger partial charge in [0.15, 0.2) is 6.29 Å². The molecular formula is C61H105NO10. The van der Waals surface area contributed by atoms with E-state index in [0.29, 0.717) is 25.9 Å². The van der Waals surface area contributed by atoms with Gasteiger partial charge in [-0.3, -0.25) is 9.59 Å². The molecule has 0 aromatic heterocycles. The molecule has 0 saturated carbocycles. The fourth-order valence-corrected chi connectivity index (χ4v) is 8.37. The van der Waals surface area contributed by atoms with Gasteiger partial charge in [0.05, 0.1) is 32.0 Å². The summed E-state index contributed by atoms with van der Waals surface area (Å²) in [6, 6.07) is -0.844. The minimum atomic E-state index is -1.59. The largest absolute Gasteiger partial charge is 0.466 e. The van der Waals surface area contributed by atoms with Crippen molar-refractivity contribution in [3.8, 4) is 0 Å². The number of nitrogens with one attached hydrogen (secondary N) is 1. The summed E-state index contributed by atoms with van der Waals surface area (Å²) in [6.07, 6.45) is 56.9. The number of hydrogen-bond acceptors (Lipinski definition) is 10. The summed E-state index contributed by atoms with van der Waals surface area (Å²) >= 11 is 0. The van der Waals surface area contributed by atoms with Crippen molar-refractivity contribution in [2.45, 2.75) is 269 Å². The van der Waals surface area contributed by atoms with Gasteiger partial charge in [0, 0.05) is 12.8 Å². The van der Waals surface area contributed by atoms with E-state index in [1.807, 2.05) is 6.08 Å². The van der Waals surface area contributed by atoms with Crippen LogP contribution in [-0.2, 0) is 23.8 Å². The Kier molecular flexibility index (Phi) is 46.4. The average molecular weight is 1010 g/mol. The van der Waals surface area contributed by atoms with Crippen LogP contribution >= 0.6 is 0 Å². The lowest BCUT2D eigenvalue weighted by molar-refractivity contribution is -0.302. The summed E-state index contributed by atoms with van der Waals surface area (Å²) in [5.74, 6) is -0.256. The SMILES string of the molecule is CC/C=C/CC/C=C/CC/C=C/C(O)C(COC1OC(CO)C(O)C(O)C1O)NC(=O)CCCCCCCCCCCC/C=C\C=C/CCCCCOC(=O)CCCCCCC/C=C\C/C=C\CCCCC. The number of aliphatic hydroxyl groups excluding tert-OH is 5. The lowest BCUT2D eigenvalue weighted by Gasteiger charge is -2.40. The third-order valence-corrected chi connectivity index (χ3v) is 13.0. The lowest BCUT2D eigenvalue weighted by Crippen LogP contribution is -2.60. The van der Waals surface area contributed by atoms with Crippen molar-refractivity contribution in [3.63, 3.8) is 0 Å². The molecular weight excluding hydrogens is 907 g/mol. The van der Waals surface area contributed by atoms with Crippen LogP contribution in [0.3, 0.4) is 0 Å². The zero-order valence-electron chi connectivity index (χ0n) is 45.4. The number of carbonyl (C=O) groups excluding carboxylic acids is 2. The highest BCUT2D eigenvalue weighted by molar-refractivity contribution is 5.76. The van der Waals surface area contributed by atoms with Crippen LogP contribution in [0.5, 0.6) is 0 Å². The summed E-state index contributed by atoms with van der Waals surface area (Å²) in [7, 11) is 0. The monoisotopic (exact) mass is 1010 g/mol. The summed E-state index contributed by atoms with van der Waals surface area (Å²) < 4.78 is 16.6. The zero-order chi connectivity index (χ0) is 52.4. The van der Waals surface area contributed by atoms with E-state index >= 15 is 0 Å². The second-order valence-electron chi connectivity index (χ2n) is 19.6. The summed E-state index contributed by atoms with van der Waals surface area (Å²) in [5.41, 5.74) is 0. The molecule has 1 fully saturated rings. The van der Waals surface area contributed by atoms with Crippen molar-refractivity contribution >= 4 is 11.9 Å². The lowest BCUT2D eigenvalue weighted by atomic mass is 9.99. The fraction of sp³-hybridized carbons (Fsp3) is 0.738. The molecule has 0 aromatic rings. The van der Waals surface area contributed by atoms with Gasteiger partial charge in [-0.25, -0.2) is 0 Å². The molecule has 11 nitrogen and oxygen atoms in total. The molecule has 11 heteroatoms.